The number of para-hydroxylation sites is 2. The van der Waals surface area contributed by atoms with Crippen LogP contribution in [0.25, 0.3) is 0 Å². The minimum Gasteiger partial charge on any atom is -0.349 e. The molecule has 1 aromatic carbocycles. The molecule has 4 rings (SSSR count). The smallest absolute Gasteiger partial charge is 0.102 e. The molecular formula is C18H21N3. The van der Waals surface area contributed by atoms with E-state index >= 15 is 0 Å². The van der Waals surface area contributed by atoms with Crippen LogP contribution >= 0.6 is 0 Å². The van der Waals surface area contributed by atoms with Crippen molar-refractivity contribution in [3.8, 4) is 0 Å². The van der Waals surface area contributed by atoms with Crippen molar-refractivity contribution in [1.82, 2.24) is 4.98 Å². The number of anilines is 2. The summed E-state index contributed by atoms with van der Waals surface area (Å²) in [4.78, 5) is 9.33. The lowest BCUT2D eigenvalue weighted by Gasteiger charge is -2.31. The molecule has 0 N–H and O–H groups in total. The van der Waals surface area contributed by atoms with Gasteiger partial charge in [-0.05, 0) is 49.1 Å². The van der Waals surface area contributed by atoms with Gasteiger partial charge in [0.05, 0.1) is 11.4 Å². The maximum atomic E-state index is 4.13. The average molecular weight is 279 g/mol. The summed E-state index contributed by atoms with van der Waals surface area (Å²) in [6.07, 6.45) is 9.58. The monoisotopic (exact) mass is 279 g/mol. The highest BCUT2D eigenvalue weighted by Gasteiger charge is 2.35. The summed E-state index contributed by atoms with van der Waals surface area (Å²) in [6.45, 7) is 2.16. The fraction of sp³-hybridized carbons (Fsp3) is 0.389. The van der Waals surface area contributed by atoms with E-state index in [4.69, 9.17) is 0 Å². The van der Waals surface area contributed by atoms with Crippen molar-refractivity contribution in [1.29, 1.82) is 0 Å². The number of benzene rings is 1. The first-order valence-electron chi connectivity index (χ1n) is 7.95. The van der Waals surface area contributed by atoms with Crippen LogP contribution in [0.5, 0.6) is 0 Å². The summed E-state index contributed by atoms with van der Waals surface area (Å²) >= 11 is 0. The number of fused-ring (bicyclic) bond motifs is 3. The normalized spacial score (nSPS) is 20.9. The van der Waals surface area contributed by atoms with Gasteiger partial charge < -0.3 is 9.80 Å². The molecule has 1 unspecified atom stereocenters. The minimum atomic E-state index is 0.526. The van der Waals surface area contributed by atoms with Gasteiger partial charge in [0, 0.05) is 25.5 Å². The van der Waals surface area contributed by atoms with Crippen molar-refractivity contribution in [2.24, 2.45) is 0 Å². The molecule has 2 aliphatic heterocycles. The molecule has 2 aromatic rings. The molecule has 108 valence electrons. The molecule has 1 atom stereocenters. The van der Waals surface area contributed by atoms with Crippen molar-refractivity contribution in [2.45, 2.75) is 38.4 Å². The van der Waals surface area contributed by atoms with Crippen LogP contribution in [0, 0.1) is 0 Å². The van der Waals surface area contributed by atoms with Gasteiger partial charge in [0.1, 0.15) is 6.17 Å². The number of hydrogen-bond acceptors (Lipinski definition) is 3. The van der Waals surface area contributed by atoms with Crippen LogP contribution in [0.15, 0.2) is 48.8 Å². The van der Waals surface area contributed by atoms with Crippen molar-refractivity contribution < 1.29 is 0 Å². The van der Waals surface area contributed by atoms with Gasteiger partial charge in [-0.2, -0.15) is 0 Å². The molecule has 1 aromatic heterocycles. The van der Waals surface area contributed by atoms with E-state index in [-0.39, 0.29) is 0 Å². The molecule has 1 saturated heterocycles. The van der Waals surface area contributed by atoms with Gasteiger partial charge in [-0.1, -0.05) is 18.6 Å². The second-order valence-electron chi connectivity index (χ2n) is 6.00. The molecule has 0 saturated carbocycles. The molecule has 3 heteroatoms. The Kier molecular flexibility index (Phi) is 3.26. The number of nitrogens with zero attached hydrogens (tertiary/aromatic N) is 3. The topological polar surface area (TPSA) is 19.4 Å². The highest BCUT2D eigenvalue weighted by Crippen LogP contribution is 2.42. The van der Waals surface area contributed by atoms with Gasteiger partial charge in [-0.3, -0.25) is 4.98 Å². The highest BCUT2D eigenvalue weighted by atomic mass is 15.4. The van der Waals surface area contributed by atoms with Crippen LogP contribution < -0.4 is 9.80 Å². The second kappa shape index (κ2) is 5.40. The van der Waals surface area contributed by atoms with E-state index in [9.17, 15) is 0 Å². The lowest BCUT2D eigenvalue weighted by molar-refractivity contribution is 0.556. The van der Waals surface area contributed by atoms with Crippen LogP contribution in [0.2, 0.25) is 0 Å². The first-order valence-corrected chi connectivity index (χ1v) is 7.95. The summed E-state index contributed by atoms with van der Waals surface area (Å²) in [5.41, 5.74) is 4.14. The minimum absolute atomic E-state index is 0.526. The highest BCUT2D eigenvalue weighted by molar-refractivity contribution is 5.77. The SMILES string of the molecule is c1ccc2c(c1)N1CCCCCC1N2Cc1ccncc1. The average Bonchev–Trinajstić information content (AvgIpc) is 2.69. The second-order valence-corrected chi connectivity index (χ2v) is 6.00. The van der Waals surface area contributed by atoms with Crippen LogP contribution in [-0.4, -0.2) is 17.7 Å². The first-order chi connectivity index (χ1) is 10.4. The van der Waals surface area contributed by atoms with E-state index < -0.39 is 0 Å². The van der Waals surface area contributed by atoms with Crippen molar-refractivity contribution in [3.05, 3.63) is 54.4 Å². The Morgan fingerprint density at radius 1 is 0.952 bits per heavy atom. The van der Waals surface area contributed by atoms with E-state index in [1.165, 1.54) is 49.2 Å². The zero-order chi connectivity index (χ0) is 14.1. The number of pyridine rings is 1. The van der Waals surface area contributed by atoms with Gasteiger partial charge in [0.25, 0.3) is 0 Å². The van der Waals surface area contributed by atoms with Crippen molar-refractivity contribution in [3.63, 3.8) is 0 Å². The molecule has 0 spiro atoms. The predicted octanol–water partition coefficient (Wildman–Crippen LogP) is 3.81. The first kappa shape index (κ1) is 12.7. The lowest BCUT2D eigenvalue weighted by Crippen LogP contribution is -2.42. The number of hydrogen-bond donors (Lipinski definition) is 0. The van der Waals surface area contributed by atoms with Gasteiger partial charge >= 0.3 is 0 Å². The zero-order valence-electron chi connectivity index (χ0n) is 12.3. The summed E-state index contributed by atoms with van der Waals surface area (Å²) in [6, 6.07) is 13.1. The maximum absolute atomic E-state index is 4.13. The van der Waals surface area contributed by atoms with E-state index in [2.05, 4.69) is 51.2 Å². The Balaban J connectivity index is 1.70. The Labute approximate surface area is 126 Å². The number of rotatable bonds is 2. The summed E-state index contributed by atoms with van der Waals surface area (Å²) in [7, 11) is 0. The molecule has 0 bridgehead atoms. The molecule has 0 amide bonds. The van der Waals surface area contributed by atoms with E-state index in [1.54, 1.807) is 0 Å². The van der Waals surface area contributed by atoms with E-state index in [0.717, 1.165) is 6.54 Å². The third kappa shape index (κ3) is 2.27. The van der Waals surface area contributed by atoms with Gasteiger partial charge in [-0.25, -0.2) is 0 Å². The van der Waals surface area contributed by atoms with E-state index in [1.807, 2.05) is 12.4 Å². The summed E-state index contributed by atoms with van der Waals surface area (Å²) in [5.74, 6) is 0. The Hall–Kier alpha value is -2.03. The quantitative estimate of drug-likeness (QED) is 0.833. The van der Waals surface area contributed by atoms with Crippen molar-refractivity contribution >= 4 is 11.4 Å². The number of aromatic nitrogens is 1. The third-order valence-corrected chi connectivity index (χ3v) is 4.68. The Bertz CT molecular complexity index is 611. The van der Waals surface area contributed by atoms with Crippen LogP contribution in [0.4, 0.5) is 11.4 Å². The standard InChI is InChI=1S/C18H21N3/c1-2-8-18-20(13-5-1)16-6-3-4-7-17(16)21(18)14-15-9-11-19-12-10-15/h3-4,6-7,9-12,18H,1-2,5,8,13-14H2. The van der Waals surface area contributed by atoms with Crippen LogP contribution in [-0.2, 0) is 6.54 Å². The van der Waals surface area contributed by atoms with Crippen LogP contribution in [0.3, 0.4) is 0 Å². The lowest BCUT2D eigenvalue weighted by atomic mass is 10.1. The predicted molar refractivity (Wildman–Crippen MR) is 86.5 cm³/mol. The zero-order valence-corrected chi connectivity index (χ0v) is 12.3. The third-order valence-electron chi connectivity index (χ3n) is 4.68. The Morgan fingerprint density at radius 3 is 2.62 bits per heavy atom. The summed E-state index contributed by atoms with van der Waals surface area (Å²) in [5, 5.41) is 0. The van der Waals surface area contributed by atoms with Crippen LogP contribution in [0.1, 0.15) is 31.2 Å². The Morgan fingerprint density at radius 2 is 1.76 bits per heavy atom. The van der Waals surface area contributed by atoms with Crippen molar-refractivity contribution in [2.75, 3.05) is 16.3 Å². The molecule has 0 radical (unpaired) electrons. The fourth-order valence-corrected chi connectivity index (χ4v) is 3.68. The fourth-order valence-electron chi connectivity index (χ4n) is 3.68. The van der Waals surface area contributed by atoms with E-state index in [0.29, 0.717) is 6.17 Å². The summed E-state index contributed by atoms with van der Waals surface area (Å²) < 4.78 is 0. The molecule has 21 heavy (non-hydrogen) atoms. The van der Waals surface area contributed by atoms with Gasteiger partial charge in [0.15, 0.2) is 0 Å². The molecule has 1 fully saturated rings. The molecule has 3 heterocycles. The molecule has 3 nitrogen and oxygen atoms in total. The van der Waals surface area contributed by atoms with Gasteiger partial charge in [-0.15, -0.1) is 0 Å². The van der Waals surface area contributed by atoms with Gasteiger partial charge in [0.2, 0.25) is 0 Å². The molecular weight excluding hydrogens is 258 g/mol. The molecule has 2 aliphatic rings. The largest absolute Gasteiger partial charge is 0.349 e. The molecule has 0 aliphatic carbocycles. The maximum Gasteiger partial charge on any atom is 0.102 e.